The van der Waals surface area contributed by atoms with Crippen molar-refractivity contribution in [3.8, 4) is 11.5 Å². The molecule has 0 fully saturated rings. The molecule has 144 valence electrons. The third kappa shape index (κ3) is 5.01. The van der Waals surface area contributed by atoms with Crippen LogP contribution < -0.4 is 14.8 Å². The fourth-order valence-electron chi connectivity index (χ4n) is 2.82. The summed E-state index contributed by atoms with van der Waals surface area (Å²) in [6.07, 6.45) is 0.837. The lowest BCUT2D eigenvalue weighted by atomic mass is 9.95. The van der Waals surface area contributed by atoms with Crippen LogP contribution >= 0.6 is 11.3 Å². The summed E-state index contributed by atoms with van der Waals surface area (Å²) in [5.74, 6) is 0.721. The summed E-state index contributed by atoms with van der Waals surface area (Å²) >= 11 is 1.28. The van der Waals surface area contributed by atoms with Gasteiger partial charge in [0.1, 0.15) is 4.88 Å². The maximum atomic E-state index is 12.3. The van der Waals surface area contributed by atoms with E-state index in [0.29, 0.717) is 23.8 Å². The molecule has 1 atom stereocenters. The van der Waals surface area contributed by atoms with E-state index in [2.05, 4.69) is 5.32 Å². The molecular formula is C20H23NO5S. The number of amides is 1. The van der Waals surface area contributed by atoms with Crippen molar-refractivity contribution < 1.29 is 23.8 Å². The van der Waals surface area contributed by atoms with E-state index in [0.717, 1.165) is 17.7 Å². The van der Waals surface area contributed by atoms with Gasteiger partial charge in [0.2, 0.25) is 0 Å². The van der Waals surface area contributed by atoms with Gasteiger partial charge in [-0.1, -0.05) is 26.0 Å². The van der Waals surface area contributed by atoms with Crippen molar-refractivity contribution in [2.75, 3.05) is 19.8 Å². The first-order valence-corrected chi connectivity index (χ1v) is 9.82. The maximum absolute atomic E-state index is 12.3. The minimum atomic E-state index is -0.489. The smallest absolute Gasteiger partial charge is 0.348 e. The van der Waals surface area contributed by atoms with E-state index in [1.54, 1.807) is 17.5 Å². The zero-order valence-corrected chi connectivity index (χ0v) is 16.2. The van der Waals surface area contributed by atoms with Gasteiger partial charge in [-0.15, -0.1) is 11.3 Å². The molecule has 0 bridgehead atoms. The van der Waals surface area contributed by atoms with Crippen LogP contribution in [0.5, 0.6) is 11.5 Å². The number of ether oxygens (including phenoxy) is 3. The fourth-order valence-corrected chi connectivity index (χ4v) is 3.44. The average molecular weight is 389 g/mol. The van der Waals surface area contributed by atoms with Gasteiger partial charge in [-0.3, -0.25) is 4.79 Å². The highest BCUT2D eigenvalue weighted by Crippen LogP contribution is 2.34. The Bertz CT molecular complexity index is 788. The van der Waals surface area contributed by atoms with Gasteiger partial charge < -0.3 is 19.5 Å². The summed E-state index contributed by atoms with van der Waals surface area (Å²) < 4.78 is 16.5. The van der Waals surface area contributed by atoms with Crippen LogP contribution in [0.3, 0.4) is 0 Å². The van der Waals surface area contributed by atoms with Crippen molar-refractivity contribution in [3.63, 3.8) is 0 Å². The molecule has 27 heavy (non-hydrogen) atoms. The molecule has 1 aliphatic heterocycles. The second-order valence-corrected chi connectivity index (χ2v) is 7.55. The Labute approximate surface area is 162 Å². The number of esters is 1. The summed E-state index contributed by atoms with van der Waals surface area (Å²) in [5, 5.41) is 4.73. The number of thiophene rings is 1. The van der Waals surface area contributed by atoms with Crippen LogP contribution in [0, 0.1) is 5.92 Å². The minimum Gasteiger partial charge on any atom is -0.490 e. The number of hydrogen-bond acceptors (Lipinski definition) is 6. The van der Waals surface area contributed by atoms with Gasteiger partial charge in [-0.25, -0.2) is 4.79 Å². The van der Waals surface area contributed by atoms with Crippen molar-refractivity contribution in [2.45, 2.75) is 26.3 Å². The van der Waals surface area contributed by atoms with Crippen LogP contribution in [0.25, 0.3) is 0 Å². The van der Waals surface area contributed by atoms with E-state index in [4.69, 9.17) is 14.2 Å². The van der Waals surface area contributed by atoms with Gasteiger partial charge in [0.15, 0.2) is 18.1 Å². The number of benzene rings is 1. The third-order valence-electron chi connectivity index (χ3n) is 4.17. The number of carbonyl (C=O) groups is 2. The molecule has 3 rings (SSSR count). The van der Waals surface area contributed by atoms with Crippen molar-refractivity contribution in [2.24, 2.45) is 5.92 Å². The monoisotopic (exact) mass is 389 g/mol. The molecule has 0 saturated carbocycles. The number of fused-ring (bicyclic) bond motifs is 1. The Morgan fingerprint density at radius 2 is 1.96 bits per heavy atom. The first-order chi connectivity index (χ1) is 13.0. The second-order valence-electron chi connectivity index (χ2n) is 6.60. The molecule has 1 N–H and O–H groups in total. The largest absolute Gasteiger partial charge is 0.490 e. The molecular weight excluding hydrogens is 366 g/mol. The van der Waals surface area contributed by atoms with Crippen molar-refractivity contribution in [1.82, 2.24) is 5.32 Å². The quantitative estimate of drug-likeness (QED) is 0.765. The Kier molecular flexibility index (Phi) is 6.34. The second kappa shape index (κ2) is 8.90. The Morgan fingerprint density at radius 3 is 2.67 bits per heavy atom. The van der Waals surface area contributed by atoms with Gasteiger partial charge in [0, 0.05) is 6.42 Å². The van der Waals surface area contributed by atoms with Gasteiger partial charge >= 0.3 is 5.97 Å². The van der Waals surface area contributed by atoms with E-state index < -0.39 is 5.97 Å². The molecule has 7 heteroatoms. The van der Waals surface area contributed by atoms with E-state index in [1.165, 1.54) is 11.3 Å². The first kappa shape index (κ1) is 19.2. The molecule has 6 nitrogen and oxygen atoms in total. The number of nitrogens with one attached hydrogen (secondary N) is 1. The first-order valence-electron chi connectivity index (χ1n) is 8.94. The summed E-state index contributed by atoms with van der Waals surface area (Å²) in [4.78, 5) is 24.7. The maximum Gasteiger partial charge on any atom is 0.348 e. The highest BCUT2D eigenvalue weighted by Gasteiger charge is 2.22. The van der Waals surface area contributed by atoms with Gasteiger partial charge in [0.25, 0.3) is 5.91 Å². The topological polar surface area (TPSA) is 73.9 Å². The Hall–Kier alpha value is -2.54. The third-order valence-corrected chi connectivity index (χ3v) is 5.02. The SMILES string of the molecule is CC(C)[C@@H](NC(=O)COC(=O)c1cccs1)c1ccc2c(c1)OCCCO2. The van der Waals surface area contributed by atoms with Crippen LogP contribution in [-0.4, -0.2) is 31.7 Å². The molecule has 1 aromatic heterocycles. The summed E-state index contributed by atoms with van der Waals surface area (Å²) in [6.45, 7) is 4.96. The zero-order valence-electron chi connectivity index (χ0n) is 15.4. The van der Waals surface area contributed by atoms with Crippen LogP contribution in [-0.2, 0) is 9.53 Å². The molecule has 2 aromatic rings. The zero-order chi connectivity index (χ0) is 19.2. The minimum absolute atomic E-state index is 0.145. The Morgan fingerprint density at radius 1 is 1.19 bits per heavy atom. The molecule has 0 saturated heterocycles. The van der Waals surface area contributed by atoms with E-state index in [-0.39, 0.29) is 24.5 Å². The lowest BCUT2D eigenvalue weighted by Gasteiger charge is -2.23. The van der Waals surface area contributed by atoms with Crippen molar-refractivity contribution in [3.05, 3.63) is 46.2 Å². The molecule has 1 amide bonds. The molecule has 0 aliphatic carbocycles. The summed E-state index contributed by atoms with van der Waals surface area (Å²) in [6, 6.07) is 8.91. The molecule has 2 heterocycles. The lowest BCUT2D eigenvalue weighted by molar-refractivity contribution is -0.125. The Balaban J connectivity index is 1.64. The summed E-state index contributed by atoms with van der Waals surface area (Å²) in [7, 11) is 0. The highest BCUT2D eigenvalue weighted by atomic mass is 32.1. The van der Waals surface area contributed by atoms with Crippen molar-refractivity contribution in [1.29, 1.82) is 0 Å². The van der Waals surface area contributed by atoms with E-state index in [1.807, 2.05) is 32.0 Å². The average Bonchev–Trinajstić information content (AvgIpc) is 3.09. The van der Waals surface area contributed by atoms with Gasteiger partial charge in [0.05, 0.1) is 19.3 Å². The predicted molar refractivity (Wildman–Crippen MR) is 102 cm³/mol. The van der Waals surface area contributed by atoms with Gasteiger partial charge in [-0.2, -0.15) is 0 Å². The van der Waals surface area contributed by atoms with Crippen LogP contribution in [0.4, 0.5) is 0 Å². The summed E-state index contributed by atoms with van der Waals surface area (Å²) in [5.41, 5.74) is 0.923. The molecule has 1 aliphatic rings. The molecule has 1 aromatic carbocycles. The number of carbonyl (C=O) groups excluding carboxylic acids is 2. The fraction of sp³-hybridized carbons (Fsp3) is 0.400. The van der Waals surface area contributed by atoms with Gasteiger partial charge in [-0.05, 0) is 35.1 Å². The van der Waals surface area contributed by atoms with E-state index in [9.17, 15) is 9.59 Å². The highest BCUT2D eigenvalue weighted by molar-refractivity contribution is 7.11. The van der Waals surface area contributed by atoms with Crippen LogP contribution in [0.2, 0.25) is 0 Å². The molecule has 0 radical (unpaired) electrons. The lowest BCUT2D eigenvalue weighted by Crippen LogP contribution is -2.35. The van der Waals surface area contributed by atoms with Crippen LogP contribution in [0.1, 0.15) is 41.5 Å². The molecule has 0 spiro atoms. The normalized spacial score (nSPS) is 14.3. The predicted octanol–water partition coefficient (Wildman–Crippen LogP) is 3.58. The number of rotatable bonds is 6. The van der Waals surface area contributed by atoms with Crippen molar-refractivity contribution >= 4 is 23.2 Å². The number of hydrogen-bond donors (Lipinski definition) is 1. The molecule has 0 unspecified atom stereocenters. The van der Waals surface area contributed by atoms with Crippen LogP contribution in [0.15, 0.2) is 35.7 Å². The van der Waals surface area contributed by atoms with E-state index >= 15 is 0 Å². The standard InChI is InChI=1S/C20H23NO5S/c1-13(2)19(14-6-7-15-16(11-14)25-9-4-8-24-15)21-18(22)12-26-20(23)17-5-3-10-27-17/h3,5-7,10-11,13,19H,4,8-9,12H2,1-2H3,(H,21,22)/t19-/m1/s1.